The molecule has 0 spiro atoms. The Hall–Kier alpha value is -1.14. The fourth-order valence-corrected chi connectivity index (χ4v) is 1.47. The van der Waals surface area contributed by atoms with Crippen molar-refractivity contribution < 1.29 is 9.59 Å². The zero-order valence-corrected chi connectivity index (χ0v) is 8.81. The Bertz CT molecular complexity index is 418. The summed E-state index contributed by atoms with van der Waals surface area (Å²) in [5.74, 6) is 0. The SMILES string of the molecule is Nc1ccc(C(=O)S)c(C(=O)S)c1N. The minimum atomic E-state index is -0.604. The van der Waals surface area contributed by atoms with Crippen LogP contribution in [0.25, 0.3) is 0 Å². The zero-order valence-electron chi connectivity index (χ0n) is 7.02. The van der Waals surface area contributed by atoms with Crippen molar-refractivity contribution in [3.05, 3.63) is 23.3 Å². The largest absolute Gasteiger partial charge is 0.397 e. The van der Waals surface area contributed by atoms with Gasteiger partial charge in [0, 0.05) is 5.56 Å². The second-order valence-corrected chi connectivity index (χ2v) is 3.41. The molecule has 1 aromatic carbocycles. The van der Waals surface area contributed by atoms with Gasteiger partial charge in [-0.25, -0.2) is 0 Å². The monoisotopic (exact) mass is 228 g/mol. The van der Waals surface area contributed by atoms with Crippen molar-refractivity contribution in [2.75, 3.05) is 11.5 Å². The molecule has 0 fully saturated rings. The molecule has 4 N–H and O–H groups in total. The van der Waals surface area contributed by atoms with Crippen LogP contribution in [0.5, 0.6) is 0 Å². The van der Waals surface area contributed by atoms with Crippen LogP contribution in [0.3, 0.4) is 0 Å². The summed E-state index contributed by atoms with van der Waals surface area (Å²) in [5.41, 5.74) is 11.4. The van der Waals surface area contributed by atoms with Gasteiger partial charge in [0.1, 0.15) is 0 Å². The topological polar surface area (TPSA) is 86.2 Å². The summed E-state index contributed by atoms with van der Waals surface area (Å²) in [4.78, 5) is 22.1. The van der Waals surface area contributed by atoms with Crippen LogP contribution in [0.15, 0.2) is 12.1 Å². The first-order valence-electron chi connectivity index (χ1n) is 3.59. The van der Waals surface area contributed by atoms with Gasteiger partial charge in [0.2, 0.25) is 10.2 Å². The molecule has 1 rings (SSSR count). The predicted molar refractivity (Wildman–Crippen MR) is 61.9 cm³/mol. The number of hydrogen-bond donors (Lipinski definition) is 4. The number of nitrogen functional groups attached to an aromatic ring is 2. The number of hydrogen-bond acceptors (Lipinski definition) is 4. The van der Waals surface area contributed by atoms with Gasteiger partial charge in [-0.3, -0.25) is 9.59 Å². The Morgan fingerprint density at radius 3 is 2.07 bits per heavy atom. The summed E-state index contributed by atoms with van der Waals surface area (Å²) in [6, 6.07) is 2.84. The molecule has 0 heterocycles. The van der Waals surface area contributed by atoms with E-state index in [9.17, 15) is 9.59 Å². The summed E-state index contributed by atoms with van der Waals surface area (Å²) < 4.78 is 0. The van der Waals surface area contributed by atoms with E-state index in [2.05, 4.69) is 25.3 Å². The van der Waals surface area contributed by atoms with Gasteiger partial charge in [-0.2, -0.15) is 0 Å². The predicted octanol–water partition coefficient (Wildman–Crippen LogP) is 0.991. The molecular formula is C8H8N2O2S2. The van der Waals surface area contributed by atoms with Gasteiger partial charge in [-0.05, 0) is 12.1 Å². The lowest BCUT2D eigenvalue weighted by Crippen LogP contribution is -2.08. The van der Waals surface area contributed by atoms with Crippen LogP contribution in [0, 0.1) is 0 Å². The van der Waals surface area contributed by atoms with Gasteiger partial charge < -0.3 is 11.5 Å². The van der Waals surface area contributed by atoms with E-state index in [1.54, 1.807) is 0 Å². The van der Waals surface area contributed by atoms with Gasteiger partial charge in [0.25, 0.3) is 0 Å². The second-order valence-electron chi connectivity index (χ2n) is 2.60. The summed E-state index contributed by atoms with van der Waals surface area (Å²) >= 11 is 7.22. The van der Waals surface area contributed by atoms with Gasteiger partial charge >= 0.3 is 0 Å². The van der Waals surface area contributed by atoms with E-state index in [0.29, 0.717) is 0 Å². The molecular weight excluding hydrogens is 220 g/mol. The van der Waals surface area contributed by atoms with Crippen LogP contribution < -0.4 is 11.5 Å². The highest BCUT2D eigenvalue weighted by Gasteiger charge is 2.17. The third-order valence-electron chi connectivity index (χ3n) is 1.72. The van der Waals surface area contributed by atoms with Crippen LogP contribution >= 0.6 is 25.3 Å². The molecule has 0 aliphatic heterocycles. The molecule has 0 aromatic heterocycles. The lowest BCUT2D eigenvalue weighted by molar-refractivity contribution is 0.106. The number of benzene rings is 1. The molecule has 0 aliphatic rings. The quantitative estimate of drug-likeness (QED) is 0.449. The second kappa shape index (κ2) is 3.93. The number of carbonyl (C=O) groups is 2. The third kappa shape index (κ3) is 1.85. The standard InChI is InChI=1S/C8H8N2O2S2/c9-4-2-1-3(7(11)13)5(6(4)10)8(12)14/h1-2H,9-10H2,(H,11,13)(H,12,14). The molecule has 74 valence electrons. The maximum atomic E-state index is 11.1. The average molecular weight is 228 g/mol. The molecule has 0 amide bonds. The van der Waals surface area contributed by atoms with Gasteiger partial charge in [0.05, 0.1) is 16.9 Å². The Morgan fingerprint density at radius 2 is 1.64 bits per heavy atom. The molecule has 0 saturated heterocycles. The van der Waals surface area contributed by atoms with E-state index >= 15 is 0 Å². The molecule has 6 heteroatoms. The zero-order chi connectivity index (χ0) is 10.9. The Morgan fingerprint density at radius 1 is 1.07 bits per heavy atom. The summed E-state index contributed by atoms with van der Waals surface area (Å²) in [6.07, 6.45) is 0. The van der Waals surface area contributed by atoms with Crippen molar-refractivity contribution in [3.63, 3.8) is 0 Å². The van der Waals surface area contributed by atoms with Crippen molar-refractivity contribution in [1.82, 2.24) is 0 Å². The van der Waals surface area contributed by atoms with E-state index < -0.39 is 10.2 Å². The summed E-state index contributed by atoms with van der Waals surface area (Å²) in [5, 5.41) is -1.15. The van der Waals surface area contributed by atoms with Crippen LogP contribution in [0.4, 0.5) is 11.4 Å². The fraction of sp³-hybridized carbons (Fsp3) is 0. The first kappa shape index (κ1) is 10.9. The fourth-order valence-electron chi connectivity index (χ4n) is 1.04. The average Bonchev–Trinajstić information content (AvgIpc) is 2.08. The number of nitrogens with two attached hydrogens (primary N) is 2. The van der Waals surface area contributed by atoms with Crippen molar-refractivity contribution in [1.29, 1.82) is 0 Å². The van der Waals surface area contributed by atoms with E-state index in [1.165, 1.54) is 12.1 Å². The van der Waals surface area contributed by atoms with Crippen LogP contribution in [-0.4, -0.2) is 10.2 Å². The molecule has 0 saturated carbocycles. The molecule has 0 radical (unpaired) electrons. The van der Waals surface area contributed by atoms with Crippen LogP contribution in [-0.2, 0) is 0 Å². The Balaban J connectivity index is 3.53. The maximum Gasteiger partial charge on any atom is 0.219 e. The van der Waals surface area contributed by atoms with Gasteiger partial charge in [-0.1, -0.05) is 0 Å². The maximum absolute atomic E-state index is 11.1. The molecule has 0 atom stereocenters. The van der Waals surface area contributed by atoms with E-state index in [-0.39, 0.29) is 22.5 Å². The summed E-state index contributed by atoms with van der Waals surface area (Å²) in [6.45, 7) is 0. The first-order valence-corrected chi connectivity index (χ1v) is 4.49. The highest BCUT2D eigenvalue weighted by Crippen LogP contribution is 2.26. The van der Waals surface area contributed by atoms with Gasteiger partial charge in [0.15, 0.2) is 0 Å². The summed E-state index contributed by atoms with van der Waals surface area (Å²) in [7, 11) is 0. The lowest BCUT2D eigenvalue weighted by Gasteiger charge is -2.08. The van der Waals surface area contributed by atoms with E-state index in [1.807, 2.05) is 0 Å². The molecule has 0 aliphatic carbocycles. The third-order valence-corrected chi connectivity index (χ3v) is 2.19. The highest BCUT2D eigenvalue weighted by atomic mass is 32.1. The van der Waals surface area contributed by atoms with Crippen molar-refractivity contribution in [3.8, 4) is 0 Å². The Labute approximate surface area is 91.5 Å². The van der Waals surface area contributed by atoms with Crippen LogP contribution in [0.2, 0.25) is 0 Å². The van der Waals surface area contributed by atoms with Crippen molar-refractivity contribution in [2.24, 2.45) is 0 Å². The smallest absolute Gasteiger partial charge is 0.219 e. The van der Waals surface area contributed by atoms with Crippen molar-refractivity contribution >= 4 is 46.9 Å². The first-order chi connectivity index (χ1) is 6.45. The minimum absolute atomic E-state index is 0.00772. The van der Waals surface area contributed by atoms with E-state index in [0.717, 1.165) is 0 Å². The number of anilines is 2. The lowest BCUT2D eigenvalue weighted by atomic mass is 10.1. The normalized spacial score (nSPS) is 9.86. The minimum Gasteiger partial charge on any atom is -0.397 e. The number of rotatable bonds is 2. The van der Waals surface area contributed by atoms with E-state index in [4.69, 9.17) is 11.5 Å². The van der Waals surface area contributed by atoms with Crippen LogP contribution in [0.1, 0.15) is 20.7 Å². The molecule has 0 bridgehead atoms. The molecule has 14 heavy (non-hydrogen) atoms. The molecule has 1 aromatic rings. The number of thiol groups is 2. The number of carbonyl (C=O) groups excluding carboxylic acids is 2. The van der Waals surface area contributed by atoms with Crippen molar-refractivity contribution in [2.45, 2.75) is 0 Å². The Kier molecular flexibility index (Phi) is 3.07. The van der Waals surface area contributed by atoms with Gasteiger partial charge in [-0.15, -0.1) is 25.3 Å². The highest BCUT2D eigenvalue weighted by molar-refractivity contribution is 7.98. The molecule has 0 unspecified atom stereocenters. The molecule has 4 nitrogen and oxygen atoms in total.